The van der Waals surface area contributed by atoms with Crippen molar-refractivity contribution in [1.82, 2.24) is 40.9 Å². The third-order valence-electron chi connectivity index (χ3n) is 8.68. The number of hydrogen-bond acceptors (Lipinski definition) is 14. The van der Waals surface area contributed by atoms with E-state index in [1.807, 2.05) is 62.3 Å². The van der Waals surface area contributed by atoms with Crippen molar-refractivity contribution in [2.24, 2.45) is 5.73 Å². The standard InChI is InChI=1S/C19H26ClN5O3.C10H20N2O2.C9H7Cl2N3O/c1-10-15(11(2)28-25-10)16-14(20)9-21-17(24-16)22-12-6-7-13(8-12)23-18(26)27-19(3,4)5;1-10(2,3)14-9(13)12-8-5-4-7(11)6-8;1-4-7(5(2)15-14-4)8-6(10)3-12-9(11)13-8/h9,12-13H,6-8H2,1-5H3,(H,23,26)(H,21,22,24);7-8H,4-6,11H2,1-3H3,(H,12,13);3H,1-2H3/t12-,13+;7-,8+;/m00./s1. The molecule has 0 bridgehead atoms. The smallest absolute Gasteiger partial charge is 0.407 e. The summed E-state index contributed by atoms with van der Waals surface area (Å²) < 4.78 is 20.7. The number of nitrogens with two attached hydrogens (primary N) is 1. The van der Waals surface area contributed by atoms with Crippen LogP contribution in [0.4, 0.5) is 15.5 Å². The van der Waals surface area contributed by atoms with Gasteiger partial charge < -0.3 is 40.2 Å². The van der Waals surface area contributed by atoms with Gasteiger partial charge in [-0.1, -0.05) is 33.5 Å². The summed E-state index contributed by atoms with van der Waals surface area (Å²) in [7, 11) is 0. The van der Waals surface area contributed by atoms with Crippen LogP contribution in [0.5, 0.6) is 0 Å². The summed E-state index contributed by atoms with van der Waals surface area (Å²) in [5.41, 5.74) is 8.95. The molecule has 19 heteroatoms. The zero-order valence-corrected chi connectivity index (χ0v) is 36.3. The molecule has 0 spiro atoms. The second kappa shape index (κ2) is 19.5. The van der Waals surface area contributed by atoms with Crippen LogP contribution in [0.3, 0.4) is 0 Å². The number of nitrogens with zero attached hydrogens (tertiary/aromatic N) is 6. The SMILES string of the molecule is CC(C)(C)OC(=O)N[C@@H]1CC[C@H](N)C1.Cc1noc(C)c1-c1nc(Cl)ncc1Cl.Cc1noc(C)c1-c1nc(N[C@H]2CC[C@@H](NC(=O)OC(C)(C)C)C2)ncc1Cl. The minimum Gasteiger partial charge on any atom is -0.444 e. The lowest BCUT2D eigenvalue weighted by molar-refractivity contribution is 0.0493. The van der Waals surface area contributed by atoms with E-state index in [1.165, 1.54) is 6.20 Å². The van der Waals surface area contributed by atoms with Crippen LogP contribution in [-0.2, 0) is 9.47 Å². The quantitative estimate of drug-likeness (QED) is 0.133. The molecule has 4 heterocycles. The minimum absolute atomic E-state index is 0.0571. The lowest BCUT2D eigenvalue weighted by Crippen LogP contribution is -2.38. The molecule has 0 radical (unpaired) electrons. The maximum atomic E-state index is 11.9. The van der Waals surface area contributed by atoms with Crippen molar-refractivity contribution in [1.29, 1.82) is 0 Å². The van der Waals surface area contributed by atoms with Crippen LogP contribution in [0, 0.1) is 27.7 Å². The molecule has 4 aromatic heterocycles. The monoisotopic (exact) mass is 850 g/mol. The molecule has 2 saturated carbocycles. The van der Waals surface area contributed by atoms with Crippen molar-refractivity contribution in [2.45, 2.75) is 143 Å². The lowest BCUT2D eigenvalue weighted by Gasteiger charge is -2.21. The fourth-order valence-corrected chi connectivity index (χ4v) is 6.80. The Hall–Kier alpha value is -4.25. The van der Waals surface area contributed by atoms with Crippen molar-refractivity contribution in [3.05, 3.63) is 50.6 Å². The van der Waals surface area contributed by atoms with Gasteiger partial charge in [-0.05, 0) is 119 Å². The first kappa shape index (κ1) is 45.5. The summed E-state index contributed by atoms with van der Waals surface area (Å²) in [6, 6.07) is 0.634. The molecular weight excluding hydrogens is 799 g/mol. The highest BCUT2D eigenvalue weighted by molar-refractivity contribution is 6.34. The molecule has 57 heavy (non-hydrogen) atoms. The summed E-state index contributed by atoms with van der Waals surface area (Å²) >= 11 is 18.0. The van der Waals surface area contributed by atoms with Gasteiger partial charge in [0, 0.05) is 24.2 Å². The predicted octanol–water partition coefficient (Wildman–Crippen LogP) is 8.71. The van der Waals surface area contributed by atoms with Crippen molar-refractivity contribution in [3.8, 4) is 22.5 Å². The highest BCUT2D eigenvalue weighted by Crippen LogP contribution is 2.33. The van der Waals surface area contributed by atoms with Gasteiger partial charge in [0.1, 0.15) is 22.7 Å². The van der Waals surface area contributed by atoms with Crippen LogP contribution in [0.2, 0.25) is 15.3 Å². The molecule has 5 N–H and O–H groups in total. The molecule has 2 aliphatic rings. The molecule has 16 nitrogen and oxygen atoms in total. The molecule has 312 valence electrons. The Bertz CT molecular complexity index is 1960. The van der Waals surface area contributed by atoms with E-state index in [-0.39, 0.29) is 41.6 Å². The normalized spacial score (nSPS) is 19.1. The minimum atomic E-state index is -0.508. The van der Waals surface area contributed by atoms with Crippen LogP contribution in [0.15, 0.2) is 21.4 Å². The van der Waals surface area contributed by atoms with Gasteiger partial charge in [-0.15, -0.1) is 0 Å². The topological polar surface area (TPSA) is 218 Å². The van der Waals surface area contributed by atoms with Gasteiger partial charge in [0.15, 0.2) is 0 Å². The Kier molecular flexibility index (Phi) is 15.5. The van der Waals surface area contributed by atoms with Crippen molar-refractivity contribution in [2.75, 3.05) is 5.32 Å². The van der Waals surface area contributed by atoms with E-state index < -0.39 is 11.2 Å². The Morgan fingerprint density at radius 3 is 1.61 bits per heavy atom. The summed E-state index contributed by atoms with van der Waals surface area (Å²) in [6.07, 6.45) is 7.64. The number of ether oxygens (including phenoxy) is 2. The van der Waals surface area contributed by atoms with Gasteiger partial charge in [-0.2, -0.15) is 0 Å². The van der Waals surface area contributed by atoms with Crippen molar-refractivity contribution >= 4 is 52.9 Å². The number of rotatable bonds is 6. The maximum Gasteiger partial charge on any atom is 0.407 e. The molecule has 2 aliphatic carbocycles. The van der Waals surface area contributed by atoms with Gasteiger partial charge in [-0.3, -0.25) is 0 Å². The van der Waals surface area contributed by atoms with E-state index in [9.17, 15) is 9.59 Å². The van der Waals surface area contributed by atoms with Crippen LogP contribution in [0.1, 0.15) is 103 Å². The molecule has 0 unspecified atom stereocenters. The summed E-state index contributed by atoms with van der Waals surface area (Å²) in [5.74, 6) is 1.80. The summed E-state index contributed by atoms with van der Waals surface area (Å²) in [5, 5.41) is 17.9. The van der Waals surface area contributed by atoms with E-state index in [0.29, 0.717) is 38.9 Å². The third-order valence-corrected chi connectivity index (χ3v) is 9.42. The Balaban J connectivity index is 0.000000209. The Morgan fingerprint density at radius 1 is 0.702 bits per heavy atom. The number of halogens is 3. The van der Waals surface area contributed by atoms with Crippen LogP contribution in [-0.4, -0.2) is 77.8 Å². The number of alkyl carbamates (subject to hydrolysis) is 2. The van der Waals surface area contributed by atoms with Gasteiger partial charge >= 0.3 is 12.2 Å². The number of nitrogens with one attached hydrogen (secondary N) is 3. The Labute approximate surface area is 348 Å². The molecule has 2 fully saturated rings. The molecule has 6 rings (SSSR count). The fourth-order valence-electron chi connectivity index (χ4n) is 6.30. The molecule has 4 atom stereocenters. The first-order valence-corrected chi connectivity index (χ1v) is 19.8. The second-order valence-electron chi connectivity index (χ2n) is 16.0. The van der Waals surface area contributed by atoms with Gasteiger partial charge in [0.2, 0.25) is 11.2 Å². The first-order chi connectivity index (χ1) is 26.6. The largest absolute Gasteiger partial charge is 0.444 e. The van der Waals surface area contributed by atoms with Crippen molar-refractivity contribution in [3.63, 3.8) is 0 Å². The zero-order valence-electron chi connectivity index (χ0n) is 34.1. The van der Waals surface area contributed by atoms with Crippen LogP contribution in [0.25, 0.3) is 22.5 Å². The molecule has 0 aromatic carbocycles. The molecular formula is C38H53Cl3N10O6. The predicted molar refractivity (Wildman–Crippen MR) is 218 cm³/mol. The third kappa shape index (κ3) is 14.0. The van der Waals surface area contributed by atoms with E-state index >= 15 is 0 Å². The Morgan fingerprint density at radius 2 is 1.16 bits per heavy atom. The summed E-state index contributed by atoms with van der Waals surface area (Å²) in [4.78, 5) is 40.0. The number of amides is 2. The van der Waals surface area contributed by atoms with E-state index in [0.717, 1.165) is 61.0 Å². The number of carbonyl (C=O) groups is 2. The molecule has 0 aliphatic heterocycles. The molecule has 4 aromatic rings. The van der Waals surface area contributed by atoms with Crippen molar-refractivity contribution < 1.29 is 28.1 Å². The van der Waals surface area contributed by atoms with Gasteiger partial charge in [0.05, 0.1) is 56.3 Å². The average Bonchev–Trinajstić information content (AvgIpc) is 3.87. The van der Waals surface area contributed by atoms with E-state index in [2.05, 4.69) is 46.2 Å². The van der Waals surface area contributed by atoms with E-state index in [1.54, 1.807) is 13.1 Å². The number of aryl methyl sites for hydroxylation is 4. The zero-order chi connectivity index (χ0) is 42.2. The molecule has 0 saturated heterocycles. The highest BCUT2D eigenvalue weighted by atomic mass is 35.5. The summed E-state index contributed by atoms with van der Waals surface area (Å²) in [6.45, 7) is 18.4. The van der Waals surface area contributed by atoms with Gasteiger partial charge in [-0.25, -0.2) is 29.5 Å². The van der Waals surface area contributed by atoms with E-state index in [4.69, 9.17) is 59.1 Å². The highest BCUT2D eigenvalue weighted by Gasteiger charge is 2.29. The average molecular weight is 852 g/mol. The number of hydrogen-bond donors (Lipinski definition) is 4. The lowest BCUT2D eigenvalue weighted by atomic mass is 10.1. The maximum absolute atomic E-state index is 11.9. The first-order valence-electron chi connectivity index (χ1n) is 18.7. The fraction of sp³-hybridized carbons (Fsp3) is 0.579. The van der Waals surface area contributed by atoms with Crippen LogP contribution >= 0.6 is 34.8 Å². The number of carbonyl (C=O) groups excluding carboxylic acids is 2. The number of anilines is 1. The number of aromatic nitrogens is 6. The van der Waals surface area contributed by atoms with Crippen LogP contribution < -0.4 is 21.7 Å². The molecule has 2 amide bonds. The second-order valence-corrected chi connectivity index (χ2v) is 17.2. The van der Waals surface area contributed by atoms with Gasteiger partial charge in [0.25, 0.3) is 0 Å².